The highest BCUT2D eigenvalue weighted by atomic mass is 32.1. The molecule has 2 heteroatoms. The Kier molecular flexibility index (Phi) is 5.76. The molecule has 3 rings (SSSR count). The molecule has 1 aromatic heterocycles. The summed E-state index contributed by atoms with van der Waals surface area (Å²) in [6.07, 6.45) is 14.1. The molecule has 0 aliphatic heterocycles. The van der Waals surface area contributed by atoms with Crippen molar-refractivity contribution in [2.45, 2.75) is 83.1 Å². The molecular weight excluding hydrogens is 274 g/mol. The van der Waals surface area contributed by atoms with E-state index in [0.717, 1.165) is 17.9 Å². The molecule has 2 aliphatic rings. The Labute approximate surface area is 134 Å². The number of hydrogen-bond acceptors (Lipinski definition) is 2. The van der Waals surface area contributed by atoms with Gasteiger partial charge in [-0.3, -0.25) is 0 Å². The Bertz CT molecular complexity index is 417. The number of nitrogens with one attached hydrogen (secondary N) is 1. The van der Waals surface area contributed by atoms with Crippen molar-refractivity contribution in [3.63, 3.8) is 0 Å². The molecule has 1 N–H and O–H groups in total. The van der Waals surface area contributed by atoms with Gasteiger partial charge in [-0.2, -0.15) is 0 Å². The minimum Gasteiger partial charge on any atom is -0.313 e. The summed E-state index contributed by atoms with van der Waals surface area (Å²) in [4.78, 5) is 1.68. The first kappa shape index (κ1) is 15.6. The zero-order valence-electron chi connectivity index (χ0n) is 13.6. The second-order valence-corrected chi connectivity index (χ2v) is 8.03. The van der Waals surface area contributed by atoms with Crippen LogP contribution < -0.4 is 5.32 Å². The molecule has 21 heavy (non-hydrogen) atoms. The van der Waals surface area contributed by atoms with Gasteiger partial charge in [-0.25, -0.2) is 0 Å². The number of aryl methyl sites for hydroxylation is 1. The highest BCUT2D eigenvalue weighted by Crippen LogP contribution is 2.41. The lowest BCUT2D eigenvalue weighted by Gasteiger charge is -2.37. The third-order valence-corrected chi connectivity index (χ3v) is 6.57. The van der Waals surface area contributed by atoms with Crippen molar-refractivity contribution in [2.75, 3.05) is 6.54 Å². The zero-order chi connectivity index (χ0) is 14.5. The van der Waals surface area contributed by atoms with Crippen molar-refractivity contribution in [1.82, 2.24) is 5.32 Å². The van der Waals surface area contributed by atoms with Crippen molar-refractivity contribution in [3.8, 4) is 0 Å². The molecule has 0 saturated heterocycles. The fourth-order valence-electron chi connectivity index (χ4n) is 4.51. The van der Waals surface area contributed by atoms with E-state index in [9.17, 15) is 0 Å². The Morgan fingerprint density at radius 1 is 1.14 bits per heavy atom. The van der Waals surface area contributed by atoms with Crippen molar-refractivity contribution in [3.05, 3.63) is 21.9 Å². The molecule has 2 unspecified atom stereocenters. The Morgan fingerprint density at radius 3 is 2.71 bits per heavy atom. The van der Waals surface area contributed by atoms with Crippen LogP contribution in [0.1, 0.15) is 81.1 Å². The van der Waals surface area contributed by atoms with Crippen LogP contribution in [0.5, 0.6) is 0 Å². The maximum absolute atomic E-state index is 3.97. The van der Waals surface area contributed by atoms with Crippen LogP contribution in [-0.2, 0) is 6.42 Å². The summed E-state index contributed by atoms with van der Waals surface area (Å²) >= 11 is 1.99. The van der Waals surface area contributed by atoms with Crippen molar-refractivity contribution >= 4 is 11.3 Å². The molecule has 1 aromatic rings. The van der Waals surface area contributed by atoms with Crippen LogP contribution in [-0.4, -0.2) is 12.6 Å². The quantitative estimate of drug-likeness (QED) is 0.708. The Morgan fingerprint density at radius 2 is 1.95 bits per heavy atom. The minimum atomic E-state index is 0.733. The second-order valence-electron chi connectivity index (χ2n) is 7.03. The first-order chi connectivity index (χ1) is 10.4. The van der Waals surface area contributed by atoms with Gasteiger partial charge in [0.25, 0.3) is 0 Å². The topological polar surface area (TPSA) is 12.0 Å². The summed E-state index contributed by atoms with van der Waals surface area (Å²) in [6.45, 7) is 3.49. The predicted molar refractivity (Wildman–Crippen MR) is 93.3 cm³/mol. The van der Waals surface area contributed by atoms with Gasteiger partial charge in [0.15, 0.2) is 0 Å². The van der Waals surface area contributed by atoms with Crippen molar-refractivity contribution in [1.29, 1.82) is 0 Å². The number of rotatable bonds is 5. The van der Waals surface area contributed by atoms with E-state index < -0.39 is 0 Å². The maximum atomic E-state index is 3.97. The lowest BCUT2D eigenvalue weighted by molar-refractivity contribution is 0.264. The summed E-state index contributed by atoms with van der Waals surface area (Å²) in [5, 5.41) is 6.30. The van der Waals surface area contributed by atoms with Gasteiger partial charge in [-0.05, 0) is 68.0 Å². The first-order valence-electron chi connectivity index (χ1n) is 9.19. The van der Waals surface area contributed by atoms with E-state index in [1.807, 2.05) is 11.3 Å². The van der Waals surface area contributed by atoms with Crippen LogP contribution in [0.3, 0.4) is 0 Å². The molecule has 0 amide bonds. The largest absolute Gasteiger partial charge is 0.313 e. The molecule has 1 saturated carbocycles. The second kappa shape index (κ2) is 7.78. The lowest BCUT2D eigenvalue weighted by atomic mass is 9.75. The van der Waals surface area contributed by atoms with E-state index in [-0.39, 0.29) is 0 Å². The van der Waals surface area contributed by atoms with Gasteiger partial charge in [-0.15, -0.1) is 11.3 Å². The molecule has 2 atom stereocenters. The van der Waals surface area contributed by atoms with E-state index in [1.165, 1.54) is 70.8 Å². The predicted octanol–water partition coefficient (Wildman–Crippen LogP) is 5.51. The van der Waals surface area contributed by atoms with E-state index >= 15 is 0 Å². The molecule has 0 bridgehead atoms. The third-order valence-electron chi connectivity index (χ3n) is 5.57. The van der Waals surface area contributed by atoms with Crippen LogP contribution in [0.2, 0.25) is 0 Å². The molecule has 1 fully saturated rings. The Hall–Kier alpha value is -0.340. The monoisotopic (exact) mass is 305 g/mol. The minimum absolute atomic E-state index is 0.733. The van der Waals surface area contributed by atoms with Crippen LogP contribution >= 0.6 is 11.3 Å². The van der Waals surface area contributed by atoms with Gasteiger partial charge in [0, 0.05) is 16.8 Å². The fraction of sp³-hybridized carbons (Fsp3) is 0.789. The van der Waals surface area contributed by atoms with Crippen molar-refractivity contribution in [2.24, 2.45) is 5.92 Å². The first-order valence-corrected chi connectivity index (χ1v) is 10.1. The van der Waals surface area contributed by atoms with E-state index in [2.05, 4.69) is 23.7 Å². The number of thiophene rings is 1. The van der Waals surface area contributed by atoms with Gasteiger partial charge >= 0.3 is 0 Å². The average molecular weight is 306 g/mol. The number of fused-ring (bicyclic) bond motifs is 1. The van der Waals surface area contributed by atoms with Gasteiger partial charge in [0.2, 0.25) is 0 Å². The van der Waals surface area contributed by atoms with E-state index in [1.54, 1.807) is 10.4 Å². The third kappa shape index (κ3) is 3.71. The molecule has 1 heterocycles. The van der Waals surface area contributed by atoms with Gasteiger partial charge in [-0.1, -0.05) is 32.6 Å². The van der Waals surface area contributed by atoms with Gasteiger partial charge in [0.05, 0.1) is 0 Å². The summed E-state index contributed by atoms with van der Waals surface area (Å²) in [5.74, 6) is 1.70. The van der Waals surface area contributed by atoms with Crippen LogP contribution in [0, 0.1) is 5.92 Å². The van der Waals surface area contributed by atoms with Crippen LogP contribution in [0.25, 0.3) is 0 Å². The molecule has 2 aliphatic carbocycles. The summed E-state index contributed by atoms with van der Waals surface area (Å²) in [5.41, 5.74) is 1.70. The van der Waals surface area contributed by atoms with Crippen LogP contribution in [0.15, 0.2) is 11.4 Å². The molecule has 0 aromatic carbocycles. The SMILES string of the molecule is CCCNC(C1CCCCCC1)C1CCCc2sccc21. The normalized spacial score (nSPS) is 25.3. The summed E-state index contributed by atoms with van der Waals surface area (Å²) in [7, 11) is 0. The molecule has 118 valence electrons. The maximum Gasteiger partial charge on any atom is 0.0164 e. The smallest absolute Gasteiger partial charge is 0.0164 e. The van der Waals surface area contributed by atoms with E-state index in [0.29, 0.717) is 0 Å². The molecular formula is C19H31NS. The van der Waals surface area contributed by atoms with Gasteiger partial charge in [0.1, 0.15) is 0 Å². The summed E-state index contributed by atoms with van der Waals surface area (Å²) < 4.78 is 0. The molecule has 0 radical (unpaired) electrons. The Balaban J connectivity index is 1.78. The molecule has 1 nitrogen and oxygen atoms in total. The average Bonchev–Trinajstić information content (AvgIpc) is 2.84. The zero-order valence-corrected chi connectivity index (χ0v) is 14.4. The summed E-state index contributed by atoms with van der Waals surface area (Å²) in [6, 6.07) is 3.16. The van der Waals surface area contributed by atoms with Crippen LogP contribution in [0.4, 0.5) is 0 Å². The molecule has 0 spiro atoms. The number of hydrogen-bond donors (Lipinski definition) is 1. The highest BCUT2D eigenvalue weighted by molar-refractivity contribution is 7.10. The van der Waals surface area contributed by atoms with Gasteiger partial charge < -0.3 is 5.32 Å². The van der Waals surface area contributed by atoms with E-state index in [4.69, 9.17) is 0 Å². The highest BCUT2D eigenvalue weighted by Gasteiger charge is 2.33. The lowest BCUT2D eigenvalue weighted by Crippen LogP contribution is -2.42. The standard InChI is InChI=1S/C19H31NS/c1-2-13-20-19(15-8-5-3-4-6-9-15)17-10-7-11-18-16(17)12-14-21-18/h12,14-15,17,19-20H,2-11,13H2,1H3. The fourth-order valence-corrected chi connectivity index (χ4v) is 5.51. The van der Waals surface area contributed by atoms with Crippen molar-refractivity contribution < 1.29 is 0 Å².